The van der Waals surface area contributed by atoms with Gasteiger partial charge < -0.3 is 11.1 Å². The highest BCUT2D eigenvalue weighted by Crippen LogP contribution is 2.55. The number of hydrogen-bond acceptors (Lipinski definition) is 2. The molecule has 0 radical (unpaired) electrons. The van der Waals surface area contributed by atoms with Gasteiger partial charge in [0.1, 0.15) is 0 Å². The van der Waals surface area contributed by atoms with Gasteiger partial charge in [0.15, 0.2) is 0 Å². The summed E-state index contributed by atoms with van der Waals surface area (Å²) in [4.78, 5) is 12.1. The maximum absolute atomic E-state index is 12.1. The smallest absolute Gasteiger partial charge is 0.224 e. The fourth-order valence-electron chi connectivity index (χ4n) is 3.05. The SMILES string of the molecule is CCC(C)(CN)NC(=O)C1C2CCCCC21. The molecule has 0 bridgehead atoms. The lowest BCUT2D eigenvalue weighted by Crippen LogP contribution is -2.51. The van der Waals surface area contributed by atoms with Crippen LogP contribution >= 0.6 is 0 Å². The highest BCUT2D eigenvalue weighted by molar-refractivity contribution is 5.83. The number of nitrogens with two attached hydrogens (primary N) is 1. The first kappa shape index (κ1) is 11.9. The van der Waals surface area contributed by atoms with Crippen LogP contribution in [0.3, 0.4) is 0 Å². The molecule has 0 saturated heterocycles. The van der Waals surface area contributed by atoms with Crippen molar-refractivity contribution in [3.63, 3.8) is 0 Å². The number of hydrogen-bond donors (Lipinski definition) is 2. The van der Waals surface area contributed by atoms with Gasteiger partial charge in [0.25, 0.3) is 0 Å². The summed E-state index contributed by atoms with van der Waals surface area (Å²) in [6.07, 6.45) is 6.04. The van der Waals surface area contributed by atoms with Gasteiger partial charge >= 0.3 is 0 Å². The number of fused-ring (bicyclic) bond motifs is 1. The van der Waals surface area contributed by atoms with E-state index in [-0.39, 0.29) is 11.4 Å². The monoisotopic (exact) mass is 224 g/mol. The van der Waals surface area contributed by atoms with Gasteiger partial charge in [0.05, 0.1) is 0 Å². The summed E-state index contributed by atoms with van der Waals surface area (Å²) < 4.78 is 0. The molecule has 2 saturated carbocycles. The normalized spacial score (nSPS) is 36.1. The van der Waals surface area contributed by atoms with E-state index in [1.54, 1.807) is 0 Å². The summed E-state index contributed by atoms with van der Waals surface area (Å²) in [5.74, 6) is 1.94. The zero-order chi connectivity index (χ0) is 11.8. The van der Waals surface area contributed by atoms with Crippen LogP contribution in [0.15, 0.2) is 0 Å². The van der Waals surface area contributed by atoms with E-state index in [0.29, 0.717) is 24.3 Å². The molecule has 3 unspecified atom stereocenters. The molecule has 92 valence electrons. The molecule has 1 amide bonds. The molecule has 2 rings (SSSR count). The van der Waals surface area contributed by atoms with Crippen molar-refractivity contribution in [3.05, 3.63) is 0 Å². The number of amides is 1. The molecule has 16 heavy (non-hydrogen) atoms. The van der Waals surface area contributed by atoms with Crippen LogP contribution in [0.4, 0.5) is 0 Å². The molecule has 3 nitrogen and oxygen atoms in total. The topological polar surface area (TPSA) is 55.1 Å². The Morgan fingerprint density at radius 2 is 1.94 bits per heavy atom. The summed E-state index contributed by atoms with van der Waals surface area (Å²) in [5.41, 5.74) is 5.51. The van der Waals surface area contributed by atoms with Crippen molar-refractivity contribution in [1.82, 2.24) is 5.32 Å². The molecule has 2 aliphatic carbocycles. The van der Waals surface area contributed by atoms with Crippen LogP contribution in [-0.4, -0.2) is 18.0 Å². The van der Waals surface area contributed by atoms with E-state index in [1.807, 2.05) is 6.92 Å². The Bertz CT molecular complexity index is 261. The van der Waals surface area contributed by atoms with Crippen LogP contribution in [0.5, 0.6) is 0 Å². The Hall–Kier alpha value is -0.570. The number of nitrogens with one attached hydrogen (secondary N) is 1. The highest BCUT2D eigenvalue weighted by Gasteiger charge is 2.55. The predicted octanol–water partition coefficient (Wildman–Crippen LogP) is 1.67. The van der Waals surface area contributed by atoms with E-state index in [9.17, 15) is 4.79 Å². The summed E-state index contributed by atoms with van der Waals surface area (Å²) in [7, 11) is 0. The van der Waals surface area contributed by atoms with Gasteiger partial charge in [-0.05, 0) is 38.0 Å². The maximum atomic E-state index is 12.1. The molecular weight excluding hydrogens is 200 g/mol. The summed E-state index contributed by atoms with van der Waals surface area (Å²) in [6, 6.07) is 0. The Kier molecular flexibility index (Phi) is 3.24. The molecule has 2 aliphatic rings. The second-order valence-corrected chi connectivity index (χ2v) is 5.75. The van der Waals surface area contributed by atoms with Crippen molar-refractivity contribution in [2.45, 2.75) is 51.5 Å². The first-order valence-electron chi connectivity index (χ1n) is 6.63. The first-order chi connectivity index (χ1) is 7.61. The molecule has 3 atom stereocenters. The lowest BCUT2D eigenvalue weighted by atomic mass is 9.98. The number of rotatable bonds is 4. The largest absolute Gasteiger partial charge is 0.349 e. The first-order valence-corrected chi connectivity index (χ1v) is 6.63. The molecule has 2 fully saturated rings. The third-order valence-electron chi connectivity index (χ3n) is 4.62. The molecule has 0 aliphatic heterocycles. The molecular formula is C13H24N2O. The Morgan fingerprint density at radius 1 is 1.38 bits per heavy atom. The minimum Gasteiger partial charge on any atom is -0.349 e. The van der Waals surface area contributed by atoms with Gasteiger partial charge in [-0.15, -0.1) is 0 Å². The fraction of sp³-hybridized carbons (Fsp3) is 0.923. The molecule has 0 aromatic carbocycles. The van der Waals surface area contributed by atoms with Crippen LogP contribution in [0.2, 0.25) is 0 Å². The highest BCUT2D eigenvalue weighted by atomic mass is 16.2. The summed E-state index contributed by atoms with van der Waals surface area (Å²) in [6.45, 7) is 4.64. The van der Waals surface area contributed by atoms with E-state index in [0.717, 1.165) is 6.42 Å². The predicted molar refractivity (Wildman–Crippen MR) is 64.8 cm³/mol. The maximum Gasteiger partial charge on any atom is 0.224 e. The van der Waals surface area contributed by atoms with Crippen molar-refractivity contribution >= 4 is 5.91 Å². The third kappa shape index (κ3) is 2.10. The van der Waals surface area contributed by atoms with Crippen LogP contribution in [0.1, 0.15) is 46.0 Å². The van der Waals surface area contributed by atoms with E-state index in [1.165, 1.54) is 25.7 Å². The zero-order valence-corrected chi connectivity index (χ0v) is 10.5. The van der Waals surface area contributed by atoms with Crippen molar-refractivity contribution < 1.29 is 4.79 Å². The standard InChI is InChI=1S/C13H24N2O/c1-3-13(2,8-14)15-12(16)11-9-6-4-5-7-10(9)11/h9-11H,3-8,14H2,1-2H3,(H,15,16). The molecule has 3 heteroatoms. The number of carbonyl (C=O) groups excluding carboxylic acids is 1. The van der Waals surface area contributed by atoms with Crippen molar-refractivity contribution in [2.75, 3.05) is 6.54 Å². The third-order valence-corrected chi connectivity index (χ3v) is 4.62. The molecule has 0 aromatic rings. The molecule has 0 aromatic heterocycles. The van der Waals surface area contributed by atoms with Crippen LogP contribution in [-0.2, 0) is 4.79 Å². The van der Waals surface area contributed by atoms with Gasteiger partial charge in [0, 0.05) is 18.0 Å². The second kappa shape index (κ2) is 4.36. The van der Waals surface area contributed by atoms with Crippen LogP contribution < -0.4 is 11.1 Å². The summed E-state index contributed by atoms with van der Waals surface area (Å²) >= 11 is 0. The molecule has 3 N–H and O–H groups in total. The van der Waals surface area contributed by atoms with Crippen molar-refractivity contribution in [1.29, 1.82) is 0 Å². The van der Waals surface area contributed by atoms with Gasteiger partial charge in [0.2, 0.25) is 5.91 Å². The molecule has 0 heterocycles. The van der Waals surface area contributed by atoms with Crippen LogP contribution in [0, 0.1) is 17.8 Å². The lowest BCUT2D eigenvalue weighted by molar-refractivity contribution is -0.124. The van der Waals surface area contributed by atoms with Crippen molar-refractivity contribution in [2.24, 2.45) is 23.5 Å². The number of carbonyl (C=O) groups is 1. The second-order valence-electron chi connectivity index (χ2n) is 5.75. The zero-order valence-electron chi connectivity index (χ0n) is 10.5. The Morgan fingerprint density at radius 3 is 2.38 bits per heavy atom. The lowest BCUT2D eigenvalue weighted by Gasteiger charge is -2.28. The minimum atomic E-state index is -0.206. The van der Waals surface area contributed by atoms with Gasteiger partial charge in [-0.25, -0.2) is 0 Å². The van der Waals surface area contributed by atoms with Gasteiger partial charge in [-0.1, -0.05) is 19.8 Å². The van der Waals surface area contributed by atoms with Gasteiger partial charge in [-0.3, -0.25) is 4.79 Å². The fourth-order valence-corrected chi connectivity index (χ4v) is 3.05. The van der Waals surface area contributed by atoms with Gasteiger partial charge in [-0.2, -0.15) is 0 Å². The van der Waals surface area contributed by atoms with E-state index in [2.05, 4.69) is 12.2 Å². The molecule has 0 spiro atoms. The van der Waals surface area contributed by atoms with E-state index >= 15 is 0 Å². The van der Waals surface area contributed by atoms with E-state index in [4.69, 9.17) is 5.73 Å². The van der Waals surface area contributed by atoms with Crippen LogP contribution in [0.25, 0.3) is 0 Å². The van der Waals surface area contributed by atoms with E-state index < -0.39 is 0 Å². The minimum absolute atomic E-state index is 0.206. The Labute approximate surface area is 98.2 Å². The van der Waals surface area contributed by atoms with Crippen molar-refractivity contribution in [3.8, 4) is 0 Å². The summed E-state index contributed by atoms with van der Waals surface area (Å²) in [5, 5.41) is 3.15. The average molecular weight is 224 g/mol. The quantitative estimate of drug-likeness (QED) is 0.763. The average Bonchev–Trinajstić information content (AvgIpc) is 3.03. The Balaban J connectivity index is 1.89.